The van der Waals surface area contributed by atoms with Crippen LogP contribution in [0.5, 0.6) is 5.75 Å². The lowest BCUT2D eigenvalue weighted by atomic mass is 10.00. The van der Waals surface area contributed by atoms with Crippen molar-refractivity contribution < 1.29 is 9.26 Å². The standard InChI is InChI=1S/C21H32N4O2.HI/c1-13(2)26-19-10-14(3)8-9-18(19)12-24-21(22-7)23-11-15(4)20-16(5)25-27-17(20)6;/h8-10,13,15H,11-12H2,1-7H3,(H2,22,23,24);1H. The molecule has 7 heteroatoms. The zero-order valence-electron chi connectivity index (χ0n) is 17.9. The molecule has 2 N–H and O–H groups in total. The van der Waals surface area contributed by atoms with Gasteiger partial charge in [-0.05, 0) is 46.2 Å². The summed E-state index contributed by atoms with van der Waals surface area (Å²) in [5.41, 5.74) is 4.39. The molecular weight excluding hydrogens is 467 g/mol. The van der Waals surface area contributed by atoms with Crippen molar-refractivity contribution in [1.29, 1.82) is 0 Å². The number of aryl methyl sites for hydroxylation is 3. The third-order valence-corrected chi connectivity index (χ3v) is 4.41. The first kappa shape index (κ1) is 24.3. The Morgan fingerprint density at radius 2 is 1.89 bits per heavy atom. The monoisotopic (exact) mass is 500 g/mol. The molecule has 0 fully saturated rings. The summed E-state index contributed by atoms with van der Waals surface area (Å²) in [6.45, 7) is 13.6. The number of hydrogen-bond donors (Lipinski definition) is 2. The SMILES string of the molecule is CN=C(NCc1ccc(C)cc1OC(C)C)NCC(C)c1c(C)noc1C.I. The van der Waals surface area contributed by atoms with Crippen molar-refractivity contribution in [2.75, 3.05) is 13.6 Å². The molecule has 2 aromatic rings. The van der Waals surface area contributed by atoms with E-state index in [0.29, 0.717) is 6.54 Å². The van der Waals surface area contributed by atoms with Crippen LogP contribution in [0, 0.1) is 20.8 Å². The van der Waals surface area contributed by atoms with Crippen LogP contribution in [0.4, 0.5) is 0 Å². The molecule has 0 amide bonds. The number of aromatic nitrogens is 1. The van der Waals surface area contributed by atoms with Crippen molar-refractivity contribution in [2.45, 2.75) is 60.1 Å². The van der Waals surface area contributed by atoms with Crippen LogP contribution in [-0.2, 0) is 6.54 Å². The van der Waals surface area contributed by atoms with Crippen LogP contribution >= 0.6 is 24.0 Å². The lowest BCUT2D eigenvalue weighted by Gasteiger charge is -2.18. The van der Waals surface area contributed by atoms with E-state index in [1.54, 1.807) is 7.05 Å². The van der Waals surface area contributed by atoms with Crippen molar-refractivity contribution in [3.63, 3.8) is 0 Å². The summed E-state index contributed by atoms with van der Waals surface area (Å²) in [5, 5.41) is 10.8. The van der Waals surface area contributed by atoms with Crippen molar-refractivity contribution in [3.8, 4) is 5.75 Å². The maximum Gasteiger partial charge on any atom is 0.191 e. The van der Waals surface area contributed by atoms with Crippen LogP contribution in [0.1, 0.15) is 54.8 Å². The quantitative estimate of drug-likeness (QED) is 0.334. The molecule has 0 radical (unpaired) electrons. The Bertz CT molecular complexity index is 767. The van der Waals surface area contributed by atoms with Crippen LogP contribution in [0.2, 0.25) is 0 Å². The minimum Gasteiger partial charge on any atom is -0.491 e. The second-order valence-corrected chi connectivity index (χ2v) is 7.22. The predicted octanol–water partition coefficient (Wildman–Crippen LogP) is 4.47. The number of hydrogen-bond acceptors (Lipinski definition) is 4. The summed E-state index contributed by atoms with van der Waals surface area (Å²) in [6, 6.07) is 6.27. The highest BCUT2D eigenvalue weighted by atomic mass is 127. The average molecular weight is 500 g/mol. The maximum absolute atomic E-state index is 5.95. The van der Waals surface area contributed by atoms with Crippen molar-refractivity contribution in [2.24, 2.45) is 4.99 Å². The minimum atomic E-state index is 0. The number of guanidine groups is 1. The summed E-state index contributed by atoms with van der Waals surface area (Å²) in [4.78, 5) is 4.32. The van der Waals surface area contributed by atoms with E-state index in [9.17, 15) is 0 Å². The average Bonchev–Trinajstić information content (AvgIpc) is 2.94. The number of ether oxygens (including phenoxy) is 1. The molecule has 0 aliphatic heterocycles. The van der Waals surface area contributed by atoms with Crippen molar-refractivity contribution in [1.82, 2.24) is 15.8 Å². The van der Waals surface area contributed by atoms with Gasteiger partial charge in [0.1, 0.15) is 11.5 Å². The molecule has 0 bridgehead atoms. The van der Waals surface area contributed by atoms with Crippen LogP contribution in [0.15, 0.2) is 27.7 Å². The first-order chi connectivity index (χ1) is 12.8. The van der Waals surface area contributed by atoms with E-state index < -0.39 is 0 Å². The van der Waals surface area contributed by atoms with E-state index in [-0.39, 0.29) is 36.0 Å². The molecule has 6 nitrogen and oxygen atoms in total. The smallest absolute Gasteiger partial charge is 0.191 e. The normalized spacial score (nSPS) is 12.5. The first-order valence-corrected chi connectivity index (χ1v) is 9.45. The molecule has 1 aromatic carbocycles. The summed E-state index contributed by atoms with van der Waals surface area (Å²) in [7, 11) is 1.77. The van der Waals surface area contributed by atoms with Gasteiger partial charge in [0.2, 0.25) is 0 Å². The topological polar surface area (TPSA) is 71.7 Å². The number of halogens is 1. The number of benzene rings is 1. The van der Waals surface area contributed by atoms with Crippen LogP contribution in [0.3, 0.4) is 0 Å². The first-order valence-electron chi connectivity index (χ1n) is 9.45. The molecule has 1 aromatic heterocycles. The van der Waals surface area contributed by atoms with Crippen molar-refractivity contribution in [3.05, 3.63) is 46.3 Å². The summed E-state index contributed by atoms with van der Waals surface area (Å²) in [5.74, 6) is 2.82. The highest BCUT2D eigenvalue weighted by Gasteiger charge is 2.16. The van der Waals surface area contributed by atoms with E-state index >= 15 is 0 Å². The fraction of sp³-hybridized carbons (Fsp3) is 0.524. The van der Waals surface area contributed by atoms with Crippen LogP contribution in [-0.4, -0.2) is 30.8 Å². The van der Waals surface area contributed by atoms with Gasteiger partial charge >= 0.3 is 0 Å². The van der Waals surface area contributed by atoms with E-state index in [4.69, 9.17) is 9.26 Å². The lowest BCUT2D eigenvalue weighted by molar-refractivity contribution is 0.239. The molecule has 1 heterocycles. The molecule has 2 rings (SSSR count). The zero-order chi connectivity index (χ0) is 20.0. The Morgan fingerprint density at radius 3 is 2.46 bits per heavy atom. The second kappa shape index (κ2) is 11.3. The Balaban J connectivity index is 0.00000392. The molecule has 0 spiro atoms. The third-order valence-electron chi connectivity index (χ3n) is 4.41. The third kappa shape index (κ3) is 6.68. The fourth-order valence-corrected chi connectivity index (χ4v) is 3.12. The second-order valence-electron chi connectivity index (χ2n) is 7.22. The van der Waals surface area contributed by atoms with E-state index in [0.717, 1.165) is 40.8 Å². The molecule has 1 unspecified atom stereocenters. The van der Waals surface area contributed by atoms with Crippen LogP contribution < -0.4 is 15.4 Å². The number of aliphatic imine (C=N–C) groups is 1. The van der Waals surface area contributed by atoms with Gasteiger partial charge in [-0.15, -0.1) is 24.0 Å². The van der Waals surface area contributed by atoms with Crippen LogP contribution in [0.25, 0.3) is 0 Å². The molecule has 28 heavy (non-hydrogen) atoms. The van der Waals surface area contributed by atoms with Crippen molar-refractivity contribution >= 4 is 29.9 Å². The number of nitrogens with zero attached hydrogens (tertiary/aromatic N) is 2. The van der Waals surface area contributed by atoms with E-state index in [1.807, 2.05) is 27.7 Å². The van der Waals surface area contributed by atoms with E-state index in [2.05, 4.69) is 52.8 Å². The summed E-state index contributed by atoms with van der Waals surface area (Å²) < 4.78 is 11.2. The number of nitrogens with one attached hydrogen (secondary N) is 2. The molecule has 0 saturated carbocycles. The minimum absolute atomic E-state index is 0. The van der Waals surface area contributed by atoms with Gasteiger partial charge in [-0.1, -0.05) is 24.2 Å². The highest BCUT2D eigenvalue weighted by molar-refractivity contribution is 14.0. The molecule has 0 aliphatic carbocycles. The van der Waals surface area contributed by atoms with Gasteiger partial charge in [-0.2, -0.15) is 0 Å². The fourth-order valence-electron chi connectivity index (χ4n) is 3.12. The Hall–Kier alpha value is -1.77. The zero-order valence-corrected chi connectivity index (χ0v) is 20.3. The highest BCUT2D eigenvalue weighted by Crippen LogP contribution is 2.23. The van der Waals surface area contributed by atoms with Gasteiger partial charge in [0.05, 0.1) is 11.8 Å². The summed E-state index contributed by atoms with van der Waals surface area (Å²) in [6.07, 6.45) is 0.138. The lowest BCUT2D eigenvalue weighted by Crippen LogP contribution is -2.38. The van der Waals surface area contributed by atoms with Gasteiger partial charge in [-0.3, -0.25) is 4.99 Å². The molecule has 0 aliphatic rings. The molecule has 1 atom stereocenters. The Kier molecular flexibility index (Phi) is 9.78. The predicted molar refractivity (Wildman–Crippen MR) is 125 cm³/mol. The molecular formula is C21H33IN4O2. The van der Waals surface area contributed by atoms with Gasteiger partial charge in [-0.25, -0.2) is 0 Å². The Morgan fingerprint density at radius 1 is 1.18 bits per heavy atom. The largest absolute Gasteiger partial charge is 0.491 e. The van der Waals surface area contributed by atoms with Gasteiger partial charge in [0, 0.05) is 37.2 Å². The molecule has 156 valence electrons. The maximum atomic E-state index is 5.95. The van der Waals surface area contributed by atoms with Gasteiger partial charge in [0.15, 0.2) is 5.96 Å². The van der Waals surface area contributed by atoms with Gasteiger partial charge < -0.3 is 19.9 Å². The van der Waals surface area contributed by atoms with Gasteiger partial charge in [0.25, 0.3) is 0 Å². The Labute approximate surface area is 185 Å². The summed E-state index contributed by atoms with van der Waals surface area (Å²) >= 11 is 0. The number of rotatable bonds is 7. The van der Waals surface area contributed by atoms with E-state index in [1.165, 1.54) is 5.56 Å². The molecule has 0 saturated heterocycles.